The Morgan fingerprint density at radius 1 is 1.33 bits per heavy atom. The average molecular weight is 285 g/mol. The van der Waals surface area contributed by atoms with Crippen molar-refractivity contribution < 1.29 is 4.79 Å². The second-order valence-electron chi connectivity index (χ2n) is 6.47. The highest BCUT2D eigenvalue weighted by atomic mass is 16.1. The lowest BCUT2D eigenvalue weighted by atomic mass is 9.80. The smallest absolute Gasteiger partial charge is 0.267 e. The summed E-state index contributed by atoms with van der Waals surface area (Å²) >= 11 is 0. The lowest BCUT2D eigenvalue weighted by Crippen LogP contribution is -2.42. The molecule has 4 heteroatoms. The van der Waals surface area contributed by atoms with Crippen LogP contribution in [0.15, 0.2) is 24.3 Å². The Labute approximate surface area is 125 Å². The van der Waals surface area contributed by atoms with Crippen molar-refractivity contribution >= 4 is 22.5 Å². The van der Waals surface area contributed by atoms with Crippen LogP contribution in [0.4, 0.5) is 5.69 Å². The highest BCUT2D eigenvalue weighted by Gasteiger charge is 2.27. The van der Waals surface area contributed by atoms with E-state index in [9.17, 15) is 4.79 Å². The van der Waals surface area contributed by atoms with Gasteiger partial charge in [-0.05, 0) is 43.2 Å². The second kappa shape index (κ2) is 5.43. The Balaban J connectivity index is 1.76. The number of fused-ring (bicyclic) bond motifs is 1. The number of aromatic amines is 1. The molecule has 1 amide bonds. The van der Waals surface area contributed by atoms with Crippen molar-refractivity contribution in [2.45, 2.75) is 39.2 Å². The second-order valence-corrected chi connectivity index (χ2v) is 6.47. The summed E-state index contributed by atoms with van der Waals surface area (Å²) < 4.78 is 0. The molecule has 3 rings (SSSR count). The number of nitrogens with one attached hydrogen (secondary N) is 2. The van der Waals surface area contributed by atoms with Crippen molar-refractivity contribution in [3.8, 4) is 0 Å². The van der Waals surface area contributed by atoms with E-state index in [4.69, 9.17) is 5.73 Å². The number of amides is 1. The van der Waals surface area contributed by atoms with Gasteiger partial charge in [0, 0.05) is 11.4 Å². The Hall–Kier alpha value is -1.97. The van der Waals surface area contributed by atoms with Crippen molar-refractivity contribution in [2.24, 2.45) is 11.8 Å². The number of para-hydroxylation sites is 1. The SMILES string of the molecule is CC1CCC(NC(=O)c2cc3cccc(N)c3[nH]2)C(C)C1. The third-order valence-corrected chi connectivity index (χ3v) is 4.68. The van der Waals surface area contributed by atoms with Crippen LogP contribution in [-0.2, 0) is 0 Å². The number of nitrogens with two attached hydrogens (primary N) is 1. The highest BCUT2D eigenvalue weighted by Crippen LogP contribution is 2.29. The van der Waals surface area contributed by atoms with Gasteiger partial charge in [0.15, 0.2) is 0 Å². The number of carbonyl (C=O) groups is 1. The van der Waals surface area contributed by atoms with Crippen LogP contribution in [0.2, 0.25) is 0 Å². The summed E-state index contributed by atoms with van der Waals surface area (Å²) in [5.74, 6) is 1.27. The van der Waals surface area contributed by atoms with E-state index >= 15 is 0 Å². The summed E-state index contributed by atoms with van der Waals surface area (Å²) in [6, 6.07) is 7.85. The van der Waals surface area contributed by atoms with Crippen molar-refractivity contribution in [3.05, 3.63) is 30.0 Å². The topological polar surface area (TPSA) is 70.9 Å². The lowest BCUT2D eigenvalue weighted by Gasteiger charge is -2.33. The number of H-pyrrole nitrogens is 1. The number of carbonyl (C=O) groups excluding carboxylic acids is 1. The van der Waals surface area contributed by atoms with E-state index in [0.717, 1.165) is 23.2 Å². The molecule has 3 unspecified atom stereocenters. The van der Waals surface area contributed by atoms with Gasteiger partial charge in [0.25, 0.3) is 5.91 Å². The number of anilines is 1. The van der Waals surface area contributed by atoms with Crippen LogP contribution in [0.5, 0.6) is 0 Å². The van der Waals surface area contributed by atoms with E-state index in [1.807, 2.05) is 24.3 Å². The zero-order chi connectivity index (χ0) is 15.0. The molecule has 1 aromatic heterocycles. The molecule has 1 aliphatic carbocycles. The third kappa shape index (κ3) is 2.75. The fourth-order valence-corrected chi connectivity index (χ4v) is 3.43. The number of hydrogen-bond acceptors (Lipinski definition) is 2. The molecule has 0 bridgehead atoms. The van der Waals surface area contributed by atoms with Crippen molar-refractivity contribution in [1.29, 1.82) is 0 Å². The molecular weight excluding hydrogens is 262 g/mol. The molecule has 2 aromatic rings. The maximum Gasteiger partial charge on any atom is 0.267 e. The first-order chi connectivity index (χ1) is 10.0. The Bertz CT molecular complexity index is 661. The van der Waals surface area contributed by atoms with Gasteiger partial charge in [-0.25, -0.2) is 0 Å². The van der Waals surface area contributed by atoms with Gasteiger partial charge >= 0.3 is 0 Å². The number of benzene rings is 1. The first-order valence-corrected chi connectivity index (χ1v) is 7.72. The Kier molecular flexibility index (Phi) is 3.62. The zero-order valence-corrected chi connectivity index (χ0v) is 12.6. The van der Waals surface area contributed by atoms with Crippen LogP contribution in [0.3, 0.4) is 0 Å². The molecule has 0 aliphatic heterocycles. The molecule has 0 spiro atoms. The molecule has 4 N–H and O–H groups in total. The van der Waals surface area contributed by atoms with Gasteiger partial charge in [0.2, 0.25) is 0 Å². The number of hydrogen-bond donors (Lipinski definition) is 3. The fourth-order valence-electron chi connectivity index (χ4n) is 3.43. The molecule has 1 saturated carbocycles. The molecule has 112 valence electrons. The van der Waals surface area contributed by atoms with Gasteiger partial charge in [-0.1, -0.05) is 26.0 Å². The summed E-state index contributed by atoms with van der Waals surface area (Å²) in [7, 11) is 0. The van der Waals surface area contributed by atoms with Crippen LogP contribution in [0.1, 0.15) is 43.6 Å². The van der Waals surface area contributed by atoms with Gasteiger partial charge < -0.3 is 16.0 Å². The standard InChI is InChI=1S/C17H23N3O/c1-10-6-7-14(11(2)8-10)20-17(21)15-9-12-4-3-5-13(18)16(12)19-15/h3-5,9-11,14,19H,6-8,18H2,1-2H3,(H,20,21). The van der Waals surface area contributed by atoms with E-state index < -0.39 is 0 Å². The minimum Gasteiger partial charge on any atom is -0.397 e. The molecule has 1 aromatic carbocycles. The molecule has 21 heavy (non-hydrogen) atoms. The predicted molar refractivity (Wildman–Crippen MR) is 86.1 cm³/mol. The maximum atomic E-state index is 12.4. The summed E-state index contributed by atoms with van der Waals surface area (Å²) in [4.78, 5) is 15.6. The first kappa shape index (κ1) is 14.0. The Morgan fingerprint density at radius 2 is 2.14 bits per heavy atom. The monoisotopic (exact) mass is 285 g/mol. The summed E-state index contributed by atoms with van der Waals surface area (Å²) in [5.41, 5.74) is 8.03. The summed E-state index contributed by atoms with van der Waals surface area (Å²) in [6.07, 6.45) is 3.44. The van der Waals surface area contributed by atoms with Crippen LogP contribution in [0.25, 0.3) is 10.9 Å². The molecule has 1 aliphatic rings. The van der Waals surface area contributed by atoms with E-state index in [0.29, 0.717) is 17.3 Å². The van der Waals surface area contributed by atoms with E-state index in [2.05, 4.69) is 24.1 Å². The van der Waals surface area contributed by atoms with Gasteiger partial charge in [-0.2, -0.15) is 0 Å². The average Bonchev–Trinajstić information content (AvgIpc) is 2.87. The van der Waals surface area contributed by atoms with Crippen molar-refractivity contribution in [2.75, 3.05) is 5.73 Å². The first-order valence-electron chi connectivity index (χ1n) is 7.72. The fraction of sp³-hybridized carbons (Fsp3) is 0.471. The van der Waals surface area contributed by atoms with Gasteiger partial charge in [0.05, 0.1) is 11.2 Å². The molecule has 0 saturated heterocycles. The van der Waals surface area contributed by atoms with Crippen LogP contribution in [0, 0.1) is 11.8 Å². The van der Waals surface area contributed by atoms with Crippen LogP contribution >= 0.6 is 0 Å². The summed E-state index contributed by atoms with van der Waals surface area (Å²) in [5, 5.41) is 4.15. The largest absolute Gasteiger partial charge is 0.397 e. The minimum absolute atomic E-state index is 0.0306. The molecular formula is C17H23N3O. The van der Waals surface area contributed by atoms with E-state index in [1.54, 1.807) is 0 Å². The molecule has 4 nitrogen and oxygen atoms in total. The Morgan fingerprint density at radius 3 is 2.86 bits per heavy atom. The molecule has 1 fully saturated rings. The van der Waals surface area contributed by atoms with Crippen molar-refractivity contribution in [1.82, 2.24) is 10.3 Å². The number of nitrogen functional groups attached to an aromatic ring is 1. The quantitative estimate of drug-likeness (QED) is 0.741. The third-order valence-electron chi connectivity index (χ3n) is 4.68. The van der Waals surface area contributed by atoms with Gasteiger partial charge in [-0.15, -0.1) is 0 Å². The van der Waals surface area contributed by atoms with Gasteiger partial charge in [-0.3, -0.25) is 4.79 Å². The molecule has 1 heterocycles. The normalized spacial score (nSPS) is 25.9. The predicted octanol–water partition coefficient (Wildman–Crippen LogP) is 3.30. The zero-order valence-electron chi connectivity index (χ0n) is 12.6. The number of rotatable bonds is 2. The lowest BCUT2D eigenvalue weighted by molar-refractivity contribution is 0.0895. The highest BCUT2D eigenvalue weighted by molar-refractivity contribution is 6.00. The summed E-state index contributed by atoms with van der Waals surface area (Å²) in [6.45, 7) is 4.51. The van der Waals surface area contributed by atoms with E-state index in [1.165, 1.54) is 12.8 Å². The minimum atomic E-state index is -0.0306. The van der Waals surface area contributed by atoms with Crippen molar-refractivity contribution in [3.63, 3.8) is 0 Å². The molecule has 3 atom stereocenters. The van der Waals surface area contributed by atoms with E-state index in [-0.39, 0.29) is 11.9 Å². The number of aromatic nitrogens is 1. The maximum absolute atomic E-state index is 12.4. The molecule has 0 radical (unpaired) electrons. The van der Waals surface area contributed by atoms with Crippen LogP contribution in [-0.4, -0.2) is 16.9 Å². The van der Waals surface area contributed by atoms with Gasteiger partial charge in [0.1, 0.15) is 5.69 Å². The van der Waals surface area contributed by atoms with Crippen LogP contribution < -0.4 is 11.1 Å².